The molecule has 0 bridgehead atoms. The minimum Gasteiger partial charge on any atom is -0.471 e. The van der Waals surface area contributed by atoms with Crippen LogP contribution in [0.25, 0.3) is 21.2 Å². The molecule has 1 unspecified atom stereocenters. The van der Waals surface area contributed by atoms with Crippen LogP contribution in [0, 0.1) is 0 Å². The summed E-state index contributed by atoms with van der Waals surface area (Å²) in [5.41, 5.74) is 9.51. The number of nitrogens with one attached hydrogen (secondary N) is 2. The molecule has 5 heterocycles. The molecular weight excluding hydrogens is 460 g/mol. The van der Waals surface area contributed by atoms with Gasteiger partial charge in [-0.3, -0.25) is 0 Å². The van der Waals surface area contributed by atoms with E-state index >= 15 is 0 Å². The van der Waals surface area contributed by atoms with Gasteiger partial charge in [-0.15, -0.1) is 0 Å². The summed E-state index contributed by atoms with van der Waals surface area (Å²) in [5.74, 6) is 1.13. The number of aromatic nitrogens is 3. The first-order valence-corrected chi connectivity index (χ1v) is 11.8. The monoisotopic (exact) mass is 488 g/mol. The van der Waals surface area contributed by atoms with E-state index in [0.29, 0.717) is 28.8 Å². The lowest BCUT2D eigenvalue weighted by molar-refractivity contribution is -0.0189. The molecule has 1 fully saturated rings. The fourth-order valence-electron chi connectivity index (χ4n) is 4.32. The summed E-state index contributed by atoms with van der Waals surface area (Å²) in [5, 5.41) is 11.9. The minimum atomic E-state index is -0.847. The van der Waals surface area contributed by atoms with Crippen molar-refractivity contribution < 1.29 is 14.3 Å². The third-order valence-corrected chi connectivity index (χ3v) is 6.92. The number of anilines is 2. The van der Waals surface area contributed by atoms with Gasteiger partial charge in [0.15, 0.2) is 0 Å². The highest BCUT2D eigenvalue weighted by atomic mass is 16.6. The first kappa shape index (κ1) is 23.8. The first-order valence-electron chi connectivity index (χ1n) is 11.8. The molecule has 36 heavy (non-hydrogen) atoms. The lowest BCUT2D eigenvalue weighted by Crippen LogP contribution is -2.50. The molecule has 11 heteroatoms. The van der Waals surface area contributed by atoms with Crippen LogP contribution < -0.4 is 15.4 Å². The van der Waals surface area contributed by atoms with Crippen LogP contribution in [0.2, 0.25) is 0 Å². The Labute approximate surface area is 208 Å². The molecule has 5 rings (SSSR count). The number of cyclic esters (lactones) is 1. The molecule has 1 saturated heterocycles. The summed E-state index contributed by atoms with van der Waals surface area (Å²) in [6.07, 6.45) is 3.44. The zero-order valence-electron chi connectivity index (χ0n) is 20.9. The number of pyridine rings is 3. The highest BCUT2D eigenvalue weighted by Crippen LogP contribution is 2.39. The van der Waals surface area contributed by atoms with Crippen molar-refractivity contribution in [2.24, 2.45) is 5.11 Å². The molecule has 0 amide bonds. The SMILES string of the molecule is CC1c2nc(Nc3cc4c(C(C)(C)N=[N+]=[N-])cnc(OC5CNC5)c4cn3)ccc2C(=O)OC1(C)C. The molecule has 0 aliphatic carbocycles. The number of carbonyl (C=O) groups is 1. The number of fused-ring (bicyclic) bond motifs is 2. The van der Waals surface area contributed by atoms with Crippen molar-refractivity contribution in [3.05, 3.63) is 57.9 Å². The van der Waals surface area contributed by atoms with Crippen LogP contribution in [-0.4, -0.2) is 45.7 Å². The summed E-state index contributed by atoms with van der Waals surface area (Å²) in [4.78, 5) is 29.3. The highest BCUT2D eigenvalue weighted by molar-refractivity contribution is 5.93. The molecule has 0 aromatic carbocycles. The van der Waals surface area contributed by atoms with Gasteiger partial charge in [-0.1, -0.05) is 25.9 Å². The Morgan fingerprint density at radius 2 is 2.00 bits per heavy atom. The van der Waals surface area contributed by atoms with E-state index in [0.717, 1.165) is 29.4 Å². The van der Waals surface area contributed by atoms with Gasteiger partial charge in [-0.2, -0.15) is 0 Å². The molecule has 0 spiro atoms. The second-order valence-electron chi connectivity index (χ2n) is 10.2. The van der Waals surface area contributed by atoms with Gasteiger partial charge in [0.25, 0.3) is 0 Å². The number of hydrogen-bond acceptors (Lipinski definition) is 9. The van der Waals surface area contributed by atoms with E-state index in [1.165, 1.54) is 0 Å². The van der Waals surface area contributed by atoms with Gasteiger partial charge in [-0.05, 0) is 48.5 Å². The number of hydrogen-bond donors (Lipinski definition) is 2. The number of esters is 1. The maximum Gasteiger partial charge on any atom is 0.340 e. The van der Waals surface area contributed by atoms with Crippen LogP contribution in [0.1, 0.15) is 62.2 Å². The molecule has 1 atom stereocenters. The Balaban J connectivity index is 1.55. The average Bonchev–Trinajstić information content (AvgIpc) is 2.79. The zero-order chi connectivity index (χ0) is 25.7. The van der Waals surface area contributed by atoms with Gasteiger partial charge in [-0.25, -0.2) is 19.7 Å². The van der Waals surface area contributed by atoms with Crippen LogP contribution in [0.4, 0.5) is 11.6 Å². The number of azide groups is 1. The highest BCUT2D eigenvalue weighted by Gasteiger charge is 2.40. The maximum atomic E-state index is 12.4. The van der Waals surface area contributed by atoms with Crippen LogP contribution in [0.15, 0.2) is 35.7 Å². The van der Waals surface area contributed by atoms with E-state index in [9.17, 15) is 4.79 Å². The Bertz CT molecular complexity index is 1410. The summed E-state index contributed by atoms with van der Waals surface area (Å²) in [6, 6.07) is 5.32. The van der Waals surface area contributed by atoms with Crippen molar-refractivity contribution in [2.45, 2.75) is 57.8 Å². The molecule has 0 radical (unpaired) electrons. The molecule has 186 valence electrons. The quantitative estimate of drug-likeness (QED) is 0.219. The third-order valence-electron chi connectivity index (χ3n) is 6.92. The van der Waals surface area contributed by atoms with Gasteiger partial charge < -0.3 is 20.1 Å². The van der Waals surface area contributed by atoms with Crippen LogP contribution in [0.3, 0.4) is 0 Å². The van der Waals surface area contributed by atoms with Crippen molar-refractivity contribution in [1.29, 1.82) is 0 Å². The van der Waals surface area contributed by atoms with Gasteiger partial charge in [0.05, 0.1) is 22.2 Å². The third kappa shape index (κ3) is 4.16. The van der Waals surface area contributed by atoms with E-state index in [2.05, 4.69) is 30.6 Å². The van der Waals surface area contributed by atoms with E-state index in [-0.39, 0.29) is 18.0 Å². The number of carbonyl (C=O) groups excluding carboxylic acids is 1. The van der Waals surface area contributed by atoms with Crippen molar-refractivity contribution in [3.8, 4) is 5.88 Å². The fraction of sp³-hybridized carbons (Fsp3) is 0.440. The standard InChI is InChI=1S/C25H28N8O3/c1-13-21-15(23(34)36-25(13,4)5)6-7-19(31-21)30-20-8-16-17(11-28-20)22(35-14-9-27-10-14)29-12-18(16)24(2,3)32-33-26/h6-8,11-14,27H,9-10H2,1-5H3,(H,28,30,31). The predicted molar refractivity (Wildman–Crippen MR) is 134 cm³/mol. The van der Waals surface area contributed by atoms with Crippen LogP contribution in [-0.2, 0) is 10.3 Å². The molecule has 2 aliphatic rings. The van der Waals surface area contributed by atoms with Gasteiger partial charge in [0.2, 0.25) is 5.88 Å². The molecular formula is C25H28N8O3. The Morgan fingerprint density at radius 1 is 1.22 bits per heavy atom. The second-order valence-corrected chi connectivity index (χ2v) is 10.2. The van der Waals surface area contributed by atoms with Gasteiger partial charge in [0, 0.05) is 36.3 Å². The number of ether oxygens (including phenoxy) is 2. The van der Waals surface area contributed by atoms with E-state index in [1.807, 2.05) is 40.7 Å². The van der Waals surface area contributed by atoms with Crippen molar-refractivity contribution >= 4 is 28.4 Å². The summed E-state index contributed by atoms with van der Waals surface area (Å²) >= 11 is 0. The summed E-state index contributed by atoms with van der Waals surface area (Å²) < 4.78 is 11.6. The molecule has 0 saturated carbocycles. The molecule has 2 aliphatic heterocycles. The smallest absolute Gasteiger partial charge is 0.340 e. The predicted octanol–water partition coefficient (Wildman–Crippen LogP) is 4.72. The average molecular weight is 489 g/mol. The van der Waals surface area contributed by atoms with Crippen molar-refractivity contribution in [2.75, 3.05) is 18.4 Å². The van der Waals surface area contributed by atoms with E-state index in [4.69, 9.17) is 20.0 Å². The zero-order valence-corrected chi connectivity index (χ0v) is 20.9. The minimum absolute atomic E-state index is 0.0483. The normalized spacial score (nSPS) is 19.0. The lowest BCUT2D eigenvalue weighted by atomic mass is 9.84. The Morgan fingerprint density at radius 3 is 2.69 bits per heavy atom. The lowest BCUT2D eigenvalue weighted by Gasteiger charge is -2.36. The fourth-order valence-corrected chi connectivity index (χ4v) is 4.32. The number of rotatable bonds is 6. The van der Waals surface area contributed by atoms with Crippen molar-refractivity contribution in [3.63, 3.8) is 0 Å². The molecule has 3 aromatic rings. The van der Waals surface area contributed by atoms with Gasteiger partial charge >= 0.3 is 5.97 Å². The molecule has 3 aromatic heterocycles. The van der Waals surface area contributed by atoms with Crippen LogP contribution in [0.5, 0.6) is 5.88 Å². The summed E-state index contributed by atoms with van der Waals surface area (Å²) in [7, 11) is 0. The van der Waals surface area contributed by atoms with E-state index in [1.54, 1.807) is 24.5 Å². The maximum absolute atomic E-state index is 12.4. The van der Waals surface area contributed by atoms with Gasteiger partial charge in [0.1, 0.15) is 23.3 Å². The number of nitrogens with zero attached hydrogens (tertiary/aromatic N) is 6. The largest absolute Gasteiger partial charge is 0.471 e. The Kier molecular flexibility index (Phi) is 5.69. The summed E-state index contributed by atoms with van der Waals surface area (Å²) in [6.45, 7) is 10.9. The van der Waals surface area contributed by atoms with Crippen molar-refractivity contribution in [1.82, 2.24) is 20.3 Å². The topological polar surface area (TPSA) is 147 Å². The molecule has 2 N–H and O–H groups in total. The van der Waals surface area contributed by atoms with E-state index < -0.39 is 11.1 Å². The second kappa shape index (κ2) is 8.61. The Hall–Kier alpha value is -3.95. The first-order chi connectivity index (χ1) is 17.1. The molecule has 11 nitrogen and oxygen atoms in total. The van der Waals surface area contributed by atoms with Crippen LogP contribution >= 0.6 is 0 Å².